The number of benzene rings is 1. The second-order valence-electron chi connectivity index (χ2n) is 7.94. The van der Waals surface area contributed by atoms with Crippen molar-refractivity contribution in [3.05, 3.63) is 30.2 Å². The van der Waals surface area contributed by atoms with Crippen molar-refractivity contribution < 1.29 is 14.1 Å². The largest absolute Gasteiger partial charge is 0.497 e. The quantitative estimate of drug-likeness (QED) is 0.758. The second kappa shape index (κ2) is 8.92. The highest BCUT2D eigenvalue weighted by Gasteiger charge is 2.31. The first-order chi connectivity index (χ1) is 14.1. The molecule has 0 aliphatic carbocycles. The number of nitrogens with zero attached hydrogens (tertiary/aromatic N) is 5. The lowest BCUT2D eigenvalue weighted by molar-refractivity contribution is -0.139. The van der Waals surface area contributed by atoms with Crippen LogP contribution in [-0.2, 0) is 11.3 Å². The number of methoxy groups -OCH3 is 1. The Bertz CT molecular complexity index is 814. The lowest BCUT2D eigenvalue weighted by Gasteiger charge is -2.37. The number of piperidine rings is 1. The summed E-state index contributed by atoms with van der Waals surface area (Å²) in [6.45, 7) is 5.87. The molecule has 2 fully saturated rings. The molecular formula is C21H29N5O3. The molecule has 4 rings (SSSR count). The maximum Gasteiger partial charge on any atom is 0.241 e. The average Bonchev–Trinajstić information content (AvgIpc) is 3.22. The third-order valence-corrected chi connectivity index (χ3v) is 5.84. The Morgan fingerprint density at radius 3 is 2.66 bits per heavy atom. The summed E-state index contributed by atoms with van der Waals surface area (Å²) in [5.41, 5.74) is 0.891. The summed E-state index contributed by atoms with van der Waals surface area (Å²) in [4.78, 5) is 24.0. The molecule has 3 heterocycles. The van der Waals surface area contributed by atoms with E-state index in [1.54, 1.807) is 7.11 Å². The van der Waals surface area contributed by atoms with E-state index in [9.17, 15) is 4.79 Å². The standard InChI is InChI=1S/C21H29N5O3/c1-24-10-12-26(13-11-24)21(27)17-4-3-9-25(14-17)15-19-22-20(23-29-19)16-5-7-18(28-2)8-6-16/h5-8,17H,3-4,9-15H2,1-2H3. The van der Waals surface area contributed by atoms with E-state index in [4.69, 9.17) is 9.26 Å². The van der Waals surface area contributed by atoms with Crippen molar-refractivity contribution in [1.82, 2.24) is 24.8 Å². The summed E-state index contributed by atoms with van der Waals surface area (Å²) in [5, 5.41) is 4.11. The van der Waals surface area contributed by atoms with E-state index in [0.29, 0.717) is 24.2 Å². The zero-order valence-electron chi connectivity index (χ0n) is 17.2. The highest BCUT2D eigenvalue weighted by atomic mass is 16.5. The van der Waals surface area contributed by atoms with Crippen LogP contribution in [0.5, 0.6) is 5.75 Å². The van der Waals surface area contributed by atoms with Gasteiger partial charge < -0.3 is 19.1 Å². The molecule has 1 amide bonds. The van der Waals surface area contributed by atoms with Crippen molar-refractivity contribution in [2.45, 2.75) is 19.4 Å². The van der Waals surface area contributed by atoms with Crippen LogP contribution in [0.25, 0.3) is 11.4 Å². The van der Waals surface area contributed by atoms with Crippen molar-refractivity contribution >= 4 is 5.91 Å². The highest BCUT2D eigenvalue weighted by molar-refractivity contribution is 5.79. The lowest BCUT2D eigenvalue weighted by atomic mass is 9.96. The third-order valence-electron chi connectivity index (χ3n) is 5.84. The number of carbonyl (C=O) groups excluding carboxylic acids is 1. The highest BCUT2D eigenvalue weighted by Crippen LogP contribution is 2.23. The van der Waals surface area contributed by atoms with Gasteiger partial charge in [-0.3, -0.25) is 9.69 Å². The van der Waals surface area contributed by atoms with E-state index in [1.807, 2.05) is 29.2 Å². The number of piperazine rings is 1. The minimum absolute atomic E-state index is 0.0659. The van der Waals surface area contributed by atoms with Crippen molar-refractivity contribution in [2.75, 3.05) is 53.4 Å². The minimum atomic E-state index is 0.0659. The monoisotopic (exact) mass is 399 g/mol. The Balaban J connectivity index is 1.34. The van der Waals surface area contributed by atoms with Gasteiger partial charge in [0.1, 0.15) is 5.75 Å². The average molecular weight is 399 g/mol. The van der Waals surface area contributed by atoms with Gasteiger partial charge in [-0.2, -0.15) is 4.98 Å². The molecule has 1 aromatic heterocycles. The molecule has 8 heteroatoms. The van der Waals surface area contributed by atoms with Gasteiger partial charge in [0, 0.05) is 38.3 Å². The van der Waals surface area contributed by atoms with E-state index < -0.39 is 0 Å². The number of rotatable bonds is 5. The molecule has 1 unspecified atom stereocenters. The number of hydrogen-bond donors (Lipinski definition) is 0. The molecule has 0 N–H and O–H groups in total. The van der Waals surface area contributed by atoms with Gasteiger partial charge in [-0.05, 0) is 50.7 Å². The number of carbonyl (C=O) groups is 1. The molecule has 1 aromatic carbocycles. The first-order valence-corrected chi connectivity index (χ1v) is 10.3. The van der Waals surface area contributed by atoms with E-state index in [0.717, 1.165) is 63.4 Å². The first kappa shape index (κ1) is 19.8. The van der Waals surface area contributed by atoms with Crippen molar-refractivity contribution in [3.8, 4) is 17.1 Å². The van der Waals surface area contributed by atoms with Gasteiger partial charge in [0.2, 0.25) is 17.6 Å². The maximum atomic E-state index is 12.9. The fourth-order valence-corrected chi connectivity index (χ4v) is 4.05. The summed E-state index contributed by atoms with van der Waals surface area (Å²) < 4.78 is 10.7. The Morgan fingerprint density at radius 1 is 1.17 bits per heavy atom. The normalized spacial score (nSPS) is 21.3. The number of likely N-dealkylation sites (N-methyl/N-ethyl adjacent to an activating group) is 1. The molecule has 29 heavy (non-hydrogen) atoms. The molecule has 0 saturated carbocycles. The van der Waals surface area contributed by atoms with Crippen LogP contribution in [0.1, 0.15) is 18.7 Å². The number of likely N-dealkylation sites (tertiary alicyclic amines) is 1. The molecule has 2 saturated heterocycles. The summed E-state index contributed by atoms with van der Waals surface area (Å²) in [6.07, 6.45) is 1.98. The van der Waals surface area contributed by atoms with Crippen LogP contribution in [0.4, 0.5) is 0 Å². The number of amides is 1. The van der Waals surface area contributed by atoms with Gasteiger partial charge in [0.15, 0.2) is 0 Å². The molecule has 2 aliphatic heterocycles. The Kier molecular flexibility index (Phi) is 6.10. The SMILES string of the molecule is COc1ccc(-c2noc(CN3CCCC(C(=O)N4CCN(C)CC4)C3)n2)cc1. The second-order valence-corrected chi connectivity index (χ2v) is 7.94. The molecule has 2 aromatic rings. The van der Waals surface area contributed by atoms with E-state index in [1.165, 1.54) is 0 Å². The van der Waals surface area contributed by atoms with Crippen LogP contribution < -0.4 is 4.74 Å². The fraction of sp³-hybridized carbons (Fsp3) is 0.571. The minimum Gasteiger partial charge on any atom is -0.497 e. The molecule has 0 radical (unpaired) electrons. The predicted molar refractivity (Wildman–Crippen MR) is 108 cm³/mol. The predicted octanol–water partition coefficient (Wildman–Crippen LogP) is 1.73. The first-order valence-electron chi connectivity index (χ1n) is 10.3. The number of hydrogen-bond acceptors (Lipinski definition) is 7. The molecule has 156 valence electrons. The van der Waals surface area contributed by atoms with Crippen LogP contribution >= 0.6 is 0 Å². The van der Waals surface area contributed by atoms with Crippen LogP contribution in [0.2, 0.25) is 0 Å². The zero-order chi connectivity index (χ0) is 20.2. The smallest absolute Gasteiger partial charge is 0.241 e. The summed E-state index contributed by atoms with van der Waals surface area (Å²) in [5.74, 6) is 2.32. The topological polar surface area (TPSA) is 74.9 Å². The molecule has 0 bridgehead atoms. The van der Waals surface area contributed by atoms with Crippen molar-refractivity contribution in [3.63, 3.8) is 0 Å². The van der Waals surface area contributed by atoms with Crippen LogP contribution in [0.15, 0.2) is 28.8 Å². The number of aromatic nitrogens is 2. The van der Waals surface area contributed by atoms with E-state index in [-0.39, 0.29) is 5.92 Å². The maximum absolute atomic E-state index is 12.9. The van der Waals surface area contributed by atoms with Crippen LogP contribution in [0.3, 0.4) is 0 Å². The van der Waals surface area contributed by atoms with Gasteiger partial charge in [0.05, 0.1) is 19.6 Å². The molecule has 0 spiro atoms. The Morgan fingerprint density at radius 2 is 1.93 bits per heavy atom. The summed E-state index contributed by atoms with van der Waals surface area (Å²) in [6, 6.07) is 7.59. The van der Waals surface area contributed by atoms with Gasteiger partial charge >= 0.3 is 0 Å². The van der Waals surface area contributed by atoms with E-state index in [2.05, 4.69) is 27.0 Å². The van der Waals surface area contributed by atoms with Crippen LogP contribution in [0, 0.1) is 5.92 Å². The van der Waals surface area contributed by atoms with Crippen molar-refractivity contribution in [2.24, 2.45) is 5.92 Å². The molecule has 1 atom stereocenters. The molecule has 2 aliphatic rings. The summed E-state index contributed by atoms with van der Waals surface area (Å²) in [7, 11) is 3.75. The molecule has 8 nitrogen and oxygen atoms in total. The van der Waals surface area contributed by atoms with Gasteiger partial charge in [-0.1, -0.05) is 5.16 Å². The van der Waals surface area contributed by atoms with Gasteiger partial charge in [-0.15, -0.1) is 0 Å². The number of ether oxygens (including phenoxy) is 1. The van der Waals surface area contributed by atoms with Crippen molar-refractivity contribution in [1.29, 1.82) is 0 Å². The molecular weight excluding hydrogens is 370 g/mol. The van der Waals surface area contributed by atoms with Crippen LogP contribution in [-0.4, -0.2) is 84.2 Å². The van der Waals surface area contributed by atoms with Gasteiger partial charge in [0.25, 0.3) is 0 Å². The third kappa shape index (κ3) is 4.76. The fourth-order valence-electron chi connectivity index (χ4n) is 4.05. The van der Waals surface area contributed by atoms with Gasteiger partial charge in [-0.25, -0.2) is 0 Å². The Hall–Kier alpha value is -2.45. The summed E-state index contributed by atoms with van der Waals surface area (Å²) >= 11 is 0. The Labute approximate surface area is 171 Å². The lowest BCUT2D eigenvalue weighted by Crippen LogP contribution is -2.51. The zero-order valence-corrected chi connectivity index (χ0v) is 17.2. The van der Waals surface area contributed by atoms with E-state index >= 15 is 0 Å².